The van der Waals surface area contributed by atoms with E-state index in [4.69, 9.17) is 10.5 Å². The molecule has 0 amide bonds. The SMILES string of the molecule is CO[C@@]1(C2CCCCC2N)C=CC=C[C@@H]1O. The molecule has 0 aromatic carbocycles. The molecular formula is C13H21NO2. The summed E-state index contributed by atoms with van der Waals surface area (Å²) in [5.41, 5.74) is 5.57. The van der Waals surface area contributed by atoms with Gasteiger partial charge in [0.1, 0.15) is 11.7 Å². The van der Waals surface area contributed by atoms with E-state index in [-0.39, 0.29) is 12.0 Å². The number of hydrogen-bond donors (Lipinski definition) is 2. The molecule has 16 heavy (non-hydrogen) atoms. The van der Waals surface area contributed by atoms with Gasteiger partial charge in [0.2, 0.25) is 0 Å². The van der Waals surface area contributed by atoms with Crippen molar-refractivity contribution < 1.29 is 9.84 Å². The van der Waals surface area contributed by atoms with Gasteiger partial charge < -0.3 is 15.6 Å². The van der Waals surface area contributed by atoms with Gasteiger partial charge in [0.05, 0.1) is 0 Å². The summed E-state index contributed by atoms with van der Waals surface area (Å²) in [6.07, 6.45) is 11.4. The summed E-state index contributed by atoms with van der Waals surface area (Å²) in [5, 5.41) is 10.2. The van der Waals surface area contributed by atoms with Gasteiger partial charge in [0.25, 0.3) is 0 Å². The predicted molar refractivity (Wildman–Crippen MR) is 64.0 cm³/mol. The number of aliphatic hydroxyl groups is 1. The standard InChI is InChI=1S/C13H21NO2/c1-16-13(9-5-4-8-12(13)15)10-6-2-3-7-11(10)14/h4-5,8-12,15H,2-3,6-7,14H2,1H3/t10?,11?,12-,13+/m0/s1. The monoisotopic (exact) mass is 223 g/mol. The van der Waals surface area contributed by atoms with Crippen molar-refractivity contribution in [1.82, 2.24) is 0 Å². The fraction of sp³-hybridized carbons (Fsp3) is 0.692. The second-order valence-electron chi connectivity index (χ2n) is 4.80. The Hall–Kier alpha value is -0.640. The van der Waals surface area contributed by atoms with Crippen LogP contribution in [0.4, 0.5) is 0 Å². The van der Waals surface area contributed by atoms with Crippen LogP contribution in [0, 0.1) is 5.92 Å². The number of allylic oxidation sites excluding steroid dienone is 2. The van der Waals surface area contributed by atoms with Crippen LogP contribution >= 0.6 is 0 Å². The zero-order chi connectivity index (χ0) is 11.6. The van der Waals surface area contributed by atoms with Crippen molar-refractivity contribution in [3.8, 4) is 0 Å². The zero-order valence-corrected chi connectivity index (χ0v) is 9.80. The lowest BCUT2D eigenvalue weighted by atomic mass is 9.70. The molecule has 3 N–H and O–H groups in total. The van der Waals surface area contributed by atoms with Gasteiger partial charge in [-0.05, 0) is 18.9 Å². The molecule has 0 aromatic rings. The van der Waals surface area contributed by atoms with Gasteiger partial charge in [-0.25, -0.2) is 0 Å². The predicted octanol–water partition coefficient (Wildman–Crippen LogP) is 1.38. The second-order valence-corrected chi connectivity index (χ2v) is 4.80. The van der Waals surface area contributed by atoms with Gasteiger partial charge >= 0.3 is 0 Å². The Kier molecular flexibility index (Phi) is 3.47. The maximum absolute atomic E-state index is 10.2. The number of ether oxygens (including phenoxy) is 1. The van der Waals surface area contributed by atoms with E-state index in [9.17, 15) is 5.11 Å². The minimum Gasteiger partial charge on any atom is -0.386 e. The maximum atomic E-state index is 10.2. The average Bonchev–Trinajstić information content (AvgIpc) is 2.31. The number of hydrogen-bond acceptors (Lipinski definition) is 3. The summed E-state index contributed by atoms with van der Waals surface area (Å²) in [6.45, 7) is 0. The van der Waals surface area contributed by atoms with Crippen molar-refractivity contribution in [1.29, 1.82) is 0 Å². The van der Waals surface area contributed by atoms with Gasteiger partial charge in [-0.15, -0.1) is 0 Å². The maximum Gasteiger partial charge on any atom is 0.120 e. The molecule has 3 nitrogen and oxygen atoms in total. The highest BCUT2D eigenvalue weighted by Gasteiger charge is 2.46. The smallest absolute Gasteiger partial charge is 0.120 e. The average molecular weight is 223 g/mol. The highest BCUT2D eigenvalue weighted by atomic mass is 16.5. The van der Waals surface area contributed by atoms with Crippen LogP contribution in [0.25, 0.3) is 0 Å². The third kappa shape index (κ3) is 1.83. The molecule has 1 fully saturated rings. The van der Waals surface area contributed by atoms with E-state index < -0.39 is 11.7 Å². The largest absolute Gasteiger partial charge is 0.386 e. The Morgan fingerprint density at radius 1 is 1.31 bits per heavy atom. The van der Waals surface area contributed by atoms with Crippen molar-refractivity contribution in [2.75, 3.05) is 7.11 Å². The quantitative estimate of drug-likeness (QED) is 0.743. The zero-order valence-electron chi connectivity index (χ0n) is 9.80. The first-order chi connectivity index (χ1) is 7.70. The summed E-state index contributed by atoms with van der Waals surface area (Å²) in [7, 11) is 1.66. The number of rotatable bonds is 2. The van der Waals surface area contributed by atoms with Crippen LogP contribution in [0.2, 0.25) is 0 Å². The minimum absolute atomic E-state index is 0.125. The van der Waals surface area contributed by atoms with E-state index in [0.717, 1.165) is 12.8 Å². The van der Waals surface area contributed by atoms with Gasteiger partial charge in [-0.1, -0.05) is 31.1 Å². The van der Waals surface area contributed by atoms with E-state index in [1.54, 1.807) is 13.2 Å². The lowest BCUT2D eigenvalue weighted by Crippen LogP contribution is -2.56. The Morgan fingerprint density at radius 3 is 2.69 bits per heavy atom. The highest BCUT2D eigenvalue weighted by molar-refractivity contribution is 5.25. The lowest BCUT2D eigenvalue weighted by molar-refractivity contribution is -0.101. The molecule has 0 radical (unpaired) electrons. The molecule has 0 bridgehead atoms. The van der Waals surface area contributed by atoms with E-state index in [0.29, 0.717) is 0 Å². The van der Waals surface area contributed by atoms with Crippen LogP contribution in [0.3, 0.4) is 0 Å². The molecule has 2 aliphatic rings. The number of nitrogens with two attached hydrogens (primary N) is 1. The number of methoxy groups -OCH3 is 1. The highest BCUT2D eigenvalue weighted by Crippen LogP contribution is 2.39. The molecule has 2 unspecified atom stereocenters. The molecular weight excluding hydrogens is 202 g/mol. The van der Waals surface area contributed by atoms with Crippen molar-refractivity contribution in [2.24, 2.45) is 11.7 Å². The first-order valence-corrected chi connectivity index (χ1v) is 6.05. The van der Waals surface area contributed by atoms with E-state index in [2.05, 4.69) is 0 Å². The summed E-state index contributed by atoms with van der Waals surface area (Å²) in [4.78, 5) is 0. The minimum atomic E-state index is -0.616. The van der Waals surface area contributed by atoms with Crippen LogP contribution in [-0.4, -0.2) is 30.0 Å². The summed E-state index contributed by atoms with van der Waals surface area (Å²) >= 11 is 0. The summed E-state index contributed by atoms with van der Waals surface area (Å²) in [6, 6.07) is 0.125. The van der Waals surface area contributed by atoms with Crippen LogP contribution in [0.5, 0.6) is 0 Å². The van der Waals surface area contributed by atoms with Crippen LogP contribution in [0.1, 0.15) is 25.7 Å². The normalized spacial score (nSPS) is 43.6. The molecule has 90 valence electrons. The van der Waals surface area contributed by atoms with Crippen LogP contribution in [0.15, 0.2) is 24.3 Å². The summed E-state index contributed by atoms with van der Waals surface area (Å²) < 4.78 is 5.63. The molecule has 0 spiro atoms. The second kappa shape index (κ2) is 4.70. The Balaban J connectivity index is 2.26. The Labute approximate surface area is 97.0 Å². The van der Waals surface area contributed by atoms with Crippen LogP contribution < -0.4 is 5.73 Å². The van der Waals surface area contributed by atoms with Gasteiger partial charge in [0.15, 0.2) is 0 Å². The Morgan fingerprint density at radius 2 is 2.06 bits per heavy atom. The fourth-order valence-electron chi connectivity index (χ4n) is 3.03. The molecule has 1 saturated carbocycles. The Bertz CT molecular complexity index is 300. The topological polar surface area (TPSA) is 55.5 Å². The molecule has 3 heteroatoms. The summed E-state index contributed by atoms with van der Waals surface area (Å²) in [5.74, 6) is 0.211. The van der Waals surface area contributed by atoms with Gasteiger partial charge in [-0.2, -0.15) is 0 Å². The first-order valence-electron chi connectivity index (χ1n) is 6.05. The molecule has 0 heterocycles. The first kappa shape index (κ1) is 11.8. The van der Waals surface area contributed by atoms with Gasteiger partial charge in [-0.3, -0.25) is 0 Å². The van der Waals surface area contributed by atoms with E-state index in [1.165, 1.54) is 12.8 Å². The number of aliphatic hydroxyl groups excluding tert-OH is 1. The van der Waals surface area contributed by atoms with E-state index >= 15 is 0 Å². The molecule has 2 aliphatic carbocycles. The molecule has 4 atom stereocenters. The third-order valence-corrected chi connectivity index (χ3v) is 3.98. The third-order valence-electron chi connectivity index (χ3n) is 3.98. The van der Waals surface area contributed by atoms with Crippen LogP contribution in [-0.2, 0) is 4.74 Å². The van der Waals surface area contributed by atoms with Crippen molar-refractivity contribution >= 4 is 0 Å². The molecule has 0 aromatic heterocycles. The van der Waals surface area contributed by atoms with Gasteiger partial charge in [0, 0.05) is 19.1 Å². The van der Waals surface area contributed by atoms with E-state index in [1.807, 2.05) is 18.2 Å². The fourth-order valence-corrected chi connectivity index (χ4v) is 3.03. The van der Waals surface area contributed by atoms with Crippen molar-refractivity contribution in [3.63, 3.8) is 0 Å². The van der Waals surface area contributed by atoms with Crippen molar-refractivity contribution in [3.05, 3.63) is 24.3 Å². The molecule has 2 rings (SSSR count). The lowest BCUT2D eigenvalue weighted by Gasteiger charge is -2.45. The van der Waals surface area contributed by atoms with Crippen molar-refractivity contribution in [2.45, 2.75) is 43.4 Å². The molecule has 0 saturated heterocycles. The molecule has 0 aliphatic heterocycles.